The number of rotatable bonds is 4. The summed E-state index contributed by atoms with van der Waals surface area (Å²) in [6.45, 7) is 8.47. The van der Waals surface area contributed by atoms with Gasteiger partial charge in [0, 0.05) is 36.2 Å². The van der Waals surface area contributed by atoms with Crippen LogP contribution in [0.15, 0.2) is 18.5 Å². The normalized spacial score (nSPS) is 17.2. The van der Waals surface area contributed by atoms with E-state index < -0.39 is 0 Å². The maximum atomic E-state index is 12.5. The van der Waals surface area contributed by atoms with Crippen LogP contribution in [0.5, 0.6) is 0 Å². The Morgan fingerprint density at radius 2 is 1.88 bits per heavy atom. The van der Waals surface area contributed by atoms with Gasteiger partial charge >= 0.3 is 0 Å². The molecule has 1 fully saturated rings. The molecule has 7 heteroatoms. The van der Waals surface area contributed by atoms with Crippen molar-refractivity contribution in [3.8, 4) is 0 Å². The molecular weight excluding hydrogens is 316 g/mol. The van der Waals surface area contributed by atoms with Crippen LogP contribution in [0.2, 0.25) is 0 Å². The summed E-state index contributed by atoms with van der Waals surface area (Å²) in [6, 6.07) is 1.86. The lowest BCUT2D eigenvalue weighted by molar-refractivity contribution is -0.135. The van der Waals surface area contributed by atoms with Crippen LogP contribution in [0, 0.1) is 19.8 Å². The highest BCUT2D eigenvalue weighted by molar-refractivity contribution is 5.79. The maximum Gasteiger partial charge on any atom is 0.228 e. The number of aryl methyl sites for hydroxylation is 2. The lowest BCUT2D eigenvalue weighted by Crippen LogP contribution is -2.34. The number of anilines is 2. The number of likely N-dealkylation sites (tertiary alicyclic amines) is 1. The minimum Gasteiger partial charge on any atom is -0.334 e. The van der Waals surface area contributed by atoms with Gasteiger partial charge in [-0.1, -0.05) is 13.8 Å². The Balaban J connectivity index is 1.91. The molecule has 0 saturated carbocycles. The molecule has 3 rings (SSSR count). The summed E-state index contributed by atoms with van der Waals surface area (Å²) in [5.41, 5.74) is 2.55. The van der Waals surface area contributed by atoms with Crippen LogP contribution in [-0.4, -0.2) is 37.3 Å². The first-order valence-electron chi connectivity index (χ1n) is 8.66. The number of hydrogen-bond acceptors (Lipinski definition) is 6. The van der Waals surface area contributed by atoms with Gasteiger partial charge in [-0.25, -0.2) is 15.0 Å². The first kappa shape index (κ1) is 17.3. The molecule has 0 aromatic carbocycles. The Labute approximate surface area is 147 Å². The number of nitrogens with zero attached hydrogens (tertiary/aromatic N) is 5. The third kappa shape index (κ3) is 3.75. The fourth-order valence-corrected chi connectivity index (χ4v) is 3.22. The number of aromatic nitrogens is 4. The van der Waals surface area contributed by atoms with Crippen LogP contribution < -0.4 is 5.32 Å². The summed E-state index contributed by atoms with van der Waals surface area (Å²) in [5.74, 6) is 1.23. The molecule has 1 aliphatic heterocycles. The quantitative estimate of drug-likeness (QED) is 0.921. The van der Waals surface area contributed by atoms with E-state index >= 15 is 0 Å². The smallest absolute Gasteiger partial charge is 0.228 e. The summed E-state index contributed by atoms with van der Waals surface area (Å²) >= 11 is 0. The molecule has 2 aromatic heterocycles. The number of amides is 1. The Morgan fingerprint density at radius 1 is 1.20 bits per heavy atom. The molecular formula is C18H24N6O. The predicted molar refractivity (Wildman–Crippen MR) is 95.3 cm³/mol. The first-order valence-corrected chi connectivity index (χ1v) is 8.66. The number of nitrogens with one attached hydrogen (secondary N) is 1. The molecule has 25 heavy (non-hydrogen) atoms. The van der Waals surface area contributed by atoms with E-state index in [2.05, 4.69) is 25.3 Å². The van der Waals surface area contributed by atoms with E-state index in [0.29, 0.717) is 11.8 Å². The second-order valence-electron chi connectivity index (χ2n) is 6.73. The van der Waals surface area contributed by atoms with E-state index in [9.17, 15) is 4.79 Å². The van der Waals surface area contributed by atoms with Crippen molar-refractivity contribution >= 4 is 17.7 Å². The van der Waals surface area contributed by atoms with Crippen molar-refractivity contribution in [3.05, 3.63) is 35.5 Å². The first-order chi connectivity index (χ1) is 12.0. The summed E-state index contributed by atoms with van der Waals surface area (Å²) in [4.78, 5) is 32.2. The fraction of sp³-hybridized carbons (Fsp3) is 0.500. The van der Waals surface area contributed by atoms with Crippen molar-refractivity contribution in [2.24, 2.45) is 5.92 Å². The molecule has 1 N–H and O–H groups in total. The summed E-state index contributed by atoms with van der Waals surface area (Å²) in [7, 11) is 0. The lowest BCUT2D eigenvalue weighted by Gasteiger charge is -2.27. The van der Waals surface area contributed by atoms with E-state index in [1.165, 1.54) is 0 Å². The highest BCUT2D eigenvalue weighted by atomic mass is 16.2. The SMILES string of the molecule is Cc1cc(C)nc(Nc2nccnc2[C@@H]2CCCN2C(=O)C(C)C)n1. The number of carbonyl (C=O) groups is 1. The van der Waals surface area contributed by atoms with Gasteiger partial charge in [0.2, 0.25) is 11.9 Å². The minimum absolute atomic E-state index is 0.0311. The molecule has 1 atom stereocenters. The van der Waals surface area contributed by atoms with Crippen molar-refractivity contribution in [2.75, 3.05) is 11.9 Å². The van der Waals surface area contributed by atoms with Gasteiger partial charge in [-0.15, -0.1) is 0 Å². The summed E-state index contributed by atoms with van der Waals surface area (Å²) < 4.78 is 0. The molecule has 1 aliphatic rings. The fourth-order valence-electron chi connectivity index (χ4n) is 3.22. The average molecular weight is 340 g/mol. The highest BCUT2D eigenvalue weighted by Gasteiger charge is 2.33. The van der Waals surface area contributed by atoms with Gasteiger partial charge in [0.25, 0.3) is 0 Å². The van der Waals surface area contributed by atoms with Gasteiger partial charge in [-0.2, -0.15) is 0 Å². The minimum atomic E-state index is -0.0583. The molecule has 1 amide bonds. The van der Waals surface area contributed by atoms with E-state index in [4.69, 9.17) is 0 Å². The van der Waals surface area contributed by atoms with Crippen LogP contribution >= 0.6 is 0 Å². The molecule has 3 heterocycles. The number of hydrogen-bond donors (Lipinski definition) is 1. The Kier molecular flexibility index (Phi) is 4.92. The van der Waals surface area contributed by atoms with Crippen molar-refractivity contribution in [1.82, 2.24) is 24.8 Å². The van der Waals surface area contributed by atoms with E-state index in [0.717, 1.165) is 36.5 Å². The molecule has 7 nitrogen and oxygen atoms in total. The zero-order chi connectivity index (χ0) is 18.0. The number of carbonyl (C=O) groups excluding carboxylic acids is 1. The van der Waals surface area contributed by atoms with Crippen LogP contribution in [0.25, 0.3) is 0 Å². The van der Waals surface area contributed by atoms with Gasteiger partial charge in [-0.3, -0.25) is 9.78 Å². The van der Waals surface area contributed by atoms with Crippen molar-refractivity contribution in [1.29, 1.82) is 0 Å². The molecule has 1 saturated heterocycles. The third-order valence-electron chi connectivity index (χ3n) is 4.28. The Morgan fingerprint density at radius 3 is 2.56 bits per heavy atom. The third-order valence-corrected chi connectivity index (χ3v) is 4.28. The molecule has 0 unspecified atom stereocenters. The van der Waals surface area contributed by atoms with Gasteiger partial charge in [-0.05, 0) is 32.8 Å². The maximum absolute atomic E-state index is 12.5. The van der Waals surface area contributed by atoms with Crippen LogP contribution in [-0.2, 0) is 4.79 Å². The lowest BCUT2D eigenvalue weighted by atomic mass is 10.1. The molecule has 132 valence electrons. The molecule has 0 radical (unpaired) electrons. The molecule has 0 aliphatic carbocycles. The van der Waals surface area contributed by atoms with Crippen LogP contribution in [0.1, 0.15) is 49.8 Å². The van der Waals surface area contributed by atoms with Gasteiger partial charge in [0.05, 0.1) is 6.04 Å². The Hall–Kier alpha value is -2.57. The largest absolute Gasteiger partial charge is 0.334 e. The van der Waals surface area contributed by atoms with E-state index in [1.54, 1.807) is 12.4 Å². The zero-order valence-electron chi connectivity index (χ0n) is 15.2. The second kappa shape index (κ2) is 7.13. The van der Waals surface area contributed by atoms with E-state index in [-0.39, 0.29) is 17.9 Å². The predicted octanol–water partition coefficient (Wildman–Crippen LogP) is 2.95. The second-order valence-corrected chi connectivity index (χ2v) is 6.73. The highest BCUT2D eigenvalue weighted by Crippen LogP contribution is 2.35. The molecule has 0 bridgehead atoms. The summed E-state index contributed by atoms with van der Waals surface area (Å²) in [5, 5.41) is 3.19. The Bertz CT molecular complexity index is 756. The standard InChI is InChI=1S/C18H24N6O/c1-11(2)17(25)24-9-5-6-14(24)15-16(20-8-7-19-15)23-18-21-12(3)10-13(4)22-18/h7-8,10-11,14H,5-6,9H2,1-4H3,(H,20,21,22,23)/t14-/m0/s1. The molecule has 0 spiro atoms. The van der Waals surface area contributed by atoms with Gasteiger partial charge in [0.15, 0.2) is 5.82 Å². The van der Waals surface area contributed by atoms with Gasteiger partial charge < -0.3 is 10.2 Å². The van der Waals surface area contributed by atoms with Crippen molar-refractivity contribution < 1.29 is 4.79 Å². The van der Waals surface area contributed by atoms with Crippen LogP contribution in [0.3, 0.4) is 0 Å². The summed E-state index contributed by atoms with van der Waals surface area (Å²) in [6.07, 6.45) is 5.16. The zero-order valence-corrected chi connectivity index (χ0v) is 15.2. The average Bonchev–Trinajstić information content (AvgIpc) is 3.02. The van der Waals surface area contributed by atoms with Gasteiger partial charge in [0.1, 0.15) is 5.69 Å². The monoisotopic (exact) mass is 340 g/mol. The van der Waals surface area contributed by atoms with Crippen molar-refractivity contribution in [3.63, 3.8) is 0 Å². The molecule has 2 aromatic rings. The van der Waals surface area contributed by atoms with Crippen LogP contribution in [0.4, 0.5) is 11.8 Å². The van der Waals surface area contributed by atoms with Crippen molar-refractivity contribution in [2.45, 2.75) is 46.6 Å². The topological polar surface area (TPSA) is 83.9 Å². The van der Waals surface area contributed by atoms with E-state index in [1.807, 2.05) is 38.7 Å².